The Balaban J connectivity index is 1.54. The number of aliphatic hydroxyl groups excluding tert-OH is 1. The van der Waals surface area contributed by atoms with Gasteiger partial charge in [0, 0.05) is 35.9 Å². The van der Waals surface area contributed by atoms with Crippen molar-refractivity contribution in [2.75, 3.05) is 24.6 Å². The molecule has 0 radical (unpaired) electrons. The van der Waals surface area contributed by atoms with Crippen LogP contribution in [0.2, 0.25) is 0 Å². The molecular formula is C28H33NO4S2. The molecule has 5 nitrogen and oxygen atoms in total. The normalized spacial score (nSPS) is 20.8. The van der Waals surface area contributed by atoms with Crippen LogP contribution in [0.3, 0.4) is 0 Å². The van der Waals surface area contributed by atoms with Crippen molar-refractivity contribution in [3.05, 3.63) is 76.4 Å². The van der Waals surface area contributed by atoms with Gasteiger partial charge in [0.1, 0.15) is 16.3 Å². The van der Waals surface area contributed by atoms with E-state index < -0.39 is 11.6 Å². The fraction of sp³-hybridized carbons (Fsp3) is 0.429. The fourth-order valence-electron chi connectivity index (χ4n) is 4.67. The number of ether oxygens (including phenoxy) is 1. The first-order valence-electron chi connectivity index (χ1n) is 12.2. The first-order valence-corrected chi connectivity index (χ1v) is 14.2. The molecule has 0 bridgehead atoms. The molecule has 0 spiro atoms. The van der Waals surface area contributed by atoms with Gasteiger partial charge >= 0.3 is 5.97 Å². The van der Waals surface area contributed by atoms with E-state index in [1.54, 1.807) is 0 Å². The second-order valence-electron chi connectivity index (χ2n) is 9.34. The molecule has 1 unspecified atom stereocenters. The second kappa shape index (κ2) is 11.6. The van der Waals surface area contributed by atoms with E-state index in [4.69, 9.17) is 4.74 Å². The van der Waals surface area contributed by atoms with Gasteiger partial charge in [-0.15, -0.1) is 0 Å². The van der Waals surface area contributed by atoms with Crippen LogP contribution in [0.25, 0.3) is 0 Å². The van der Waals surface area contributed by atoms with Gasteiger partial charge in [0.2, 0.25) is 5.91 Å². The number of thioether (sulfide) groups is 2. The summed E-state index contributed by atoms with van der Waals surface area (Å²) in [6.07, 6.45) is 1.66. The van der Waals surface area contributed by atoms with Gasteiger partial charge in [-0.25, -0.2) is 4.79 Å². The lowest BCUT2D eigenvalue weighted by atomic mass is 9.83. The van der Waals surface area contributed by atoms with Crippen molar-refractivity contribution in [3.8, 4) is 0 Å². The van der Waals surface area contributed by atoms with Crippen molar-refractivity contribution in [2.45, 2.75) is 55.9 Å². The minimum absolute atomic E-state index is 0.0491. The zero-order valence-electron chi connectivity index (χ0n) is 20.4. The highest BCUT2D eigenvalue weighted by Crippen LogP contribution is 2.46. The summed E-state index contributed by atoms with van der Waals surface area (Å²) in [7, 11) is 0. The number of amides is 1. The SMILES string of the molecule is CC(C)c1ccccc1SC1=C(O)CC(CCCC(=O)N2CCSCC2)(c2ccccc2)OC1=O. The van der Waals surface area contributed by atoms with Crippen molar-refractivity contribution in [3.63, 3.8) is 0 Å². The lowest BCUT2D eigenvalue weighted by Gasteiger charge is -2.38. The largest absolute Gasteiger partial charge is 0.511 e. The summed E-state index contributed by atoms with van der Waals surface area (Å²) in [5, 5.41) is 11.1. The van der Waals surface area contributed by atoms with Gasteiger partial charge < -0.3 is 14.7 Å². The van der Waals surface area contributed by atoms with Crippen LogP contribution in [-0.2, 0) is 19.9 Å². The number of hydrogen-bond acceptors (Lipinski definition) is 6. The molecule has 35 heavy (non-hydrogen) atoms. The van der Waals surface area contributed by atoms with Crippen LogP contribution in [-0.4, -0.2) is 46.5 Å². The van der Waals surface area contributed by atoms with Crippen LogP contribution in [0.4, 0.5) is 0 Å². The highest BCUT2D eigenvalue weighted by molar-refractivity contribution is 8.04. The molecule has 4 rings (SSSR count). The van der Waals surface area contributed by atoms with Crippen LogP contribution < -0.4 is 0 Å². The Morgan fingerprint density at radius 2 is 1.80 bits per heavy atom. The van der Waals surface area contributed by atoms with Crippen LogP contribution in [0.1, 0.15) is 56.6 Å². The third kappa shape index (κ3) is 6.07. The standard InChI is InChI=1S/C28H33NO4S2/c1-20(2)22-11-6-7-12-24(22)35-26-23(30)19-28(33-27(26)32,21-9-4-3-5-10-21)14-8-13-25(31)29-15-17-34-18-16-29/h3-7,9-12,20,30H,8,13-19H2,1-2H3. The molecule has 2 aromatic rings. The summed E-state index contributed by atoms with van der Waals surface area (Å²) in [4.78, 5) is 29.1. The summed E-state index contributed by atoms with van der Waals surface area (Å²) >= 11 is 3.15. The maximum absolute atomic E-state index is 13.3. The lowest BCUT2D eigenvalue weighted by Crippen LogP contribution is -2.39. The predicted octanol–water partition coefficient (Wildman–Crippen LogP) is 6.26. The molecule has 186 valence electrons. The monoisotopic (exact) mass is 511 g/mol. The molecule has 2 aliphatic heterocycles. The van der Waals surface area contributed by atoms with Gasteiger partial charge in [-0.2, -0.15) is 11.8 Å². The van der Waals surface area contributed by atoms with Crippen molar-refractivity contribution in [2.24, 2.45) is 0 Å². The molecule has 0 aliphatic carbocycles. The summed E-state index contributed by atoms with van der Waals surface area (Å²) in [6.45, 7) is 5.81. The first-order chi connectivity index (χ1) is 16.9. The van der Waals surface area contributed by atoms with Gasteiger partial charge in [0.15, 0.2) is 0 Å². The number of nitrogens with zero attached hydrogens (tertiary/aromatic N) is 1. The average molecular weight is 512 g/mol. The Kier molecular flexibility index (Phi) is 8.50. The Morgan fingerprint density at radius 1 is 1.11 bits per heavy atom. The minimum Gasteiger partial charge on any atom is -0.511 e. The van der Waals surface area contributed by atoms with E-state index in [9.17, 15) is 14.7 Å². The molecule has 2 aliphatic rings. The number of rotatable bonds is 8. The van der Waals surface area contributed by atoms with E-state index in [1.165, 1.54) is 11.8 Å². The van der Waals surface area contributed by atoms with Crippen molar-refractivity contribution >= 4 is 35.4 Å². The zero-order chi connectivity index (χ0) is 24.8. The Bertz CT molecular complexity index is 1080. The third-order valence-corrected chi connectivity index (χ3v) is 8.72. The van der Waals surface area contributed by atoms with Gasteiger partial charge in [-0.1, -0.05) is 74.1 Å². The van der Waals surface area contributed by atoms with Crippen LogP contribution in [0, 0.1) is 0 Å². The van der Waals surface area contributed by atoms with E-state index in [-0.39, 0.29) is 23.0 Å². The molecule has 1 amide bonds. The van der Waals surface area contributed by atoms with Crippen molar-refractivity contribution in [1.29, 1.82) is 0 Å². The molecule has 2 aromatic carbocycles. The smallest absolute Gasteiger partial charge is 0.349 e. The van der Waals surface area contributed by atoms with Gasteiger partial charge in [-0.3, -0.25) is 4.79 Å². The number of benzene rings is 2. The third-order valence-electron chi connectivity index (χ3n) is 6.58. The fourth-order valence-corrected chi connectivity index (χ4v) is 6.68. The van der Waals surface area contributed by atoms with Crippen molar-refractivity contribution < 1.29 is 19.4 Å². The van der Waals surface area contributed by atoms with E-state index in [1.807, 2.05) is 71.3 Å². The summed E-state index contributed by atoms with van der Waals surface area (Å²) in [5.74, 6) is 1.94. The van der Waals surface area contributed by atoms with E-state index >= 15 is 0 Å². The van der Waals surface area contributed by atoms with E-state index in [0.717, 1.165) is 40.6 Å². The topological polar surface area (TPSA) is 66.8 Å². The van der Waals surface area contributed by atoms with Gasteiger partial charge in [0.25, 0.3) is 0 Å². The summed E-state index contributed by atoms with van der Waals surface area (Å²) < 4.78 is 6.14. The molecule has 1 N–H and O–H groups in total. The number of hydrogen-bond donors (Lipinski definition) is 1. The quantitative estimate of drug-likeness (QED) is 0.422. The number of carbonyl (C=O) groups excluding carboxylic acids is 2. The highest BCUT2D eigenvalue weighted by Gasteiger charge is 2.43. The predicted molar refractivity (Wildman–Crippen MR) is 143 cm³/mol. The molecule has 1 fully saturated rings. The number of cyclic esters (lactones) is 1. The van der Waals surface area contributed by atoms with Crippen molar-refractivity contribution in [1.82, 2.24) is 4.90 Å². The molecule has 0 saturated carbocycles. The Hall–Kier alpha value is -2.38. The molecule has 1 saturated heterocycles. The first kappa shape index (κ1) is 25.7. The summed E-state index contributed by atoms with van der Waals surface area (Å²) in [6, 6.07) is 17.5. The molecular weight excluding hydrogens is 478 g/mol. The van der Waals surface area contributed by atoms with Gasteiger partial charge in [-0.05, 0) is 36.0 Å². The maximum Gasteiger partial charge on any atom is 0.349 e. The lowest BCUT2D eigenvalue weighted by molar-refractivity contribution is -0.160. The van der Waals surface area contributed by atoms with E-state index in [2.05, 4.69) is 13.8 Å². The molecule has 0 aromatic heterocycles. The Labute approximate surface area is 216 Å². The summed E-state index contributed by atoms with van der Waals surface area (Å²) in [5.41, 5.74) is 0.982. The van der Waals surface area contributed by atoms with E-state index in [0.29, 0.717) is 25.2 Å². The minimum atomic E-state index is -0.984. The highest BCUT2D eigenvalue weighted by atomic mass is 32.2. The molecule has 7 heteroatoms. The molecule has 2 heterocycles. The number of aliphatic hydroxyl groups is 1. The van der Waals surface area contributed by atoms with Gasteiger partial charge in [0.05, 0.1) is 6.42 Å². The van der Waals surface area contributed by atoms with Crippen LogP contribution in [0.15, 0.2) is 70.2 Å². The second-order valence-corrected chi connectivity index (χ2v) is 11.6. The van der Waals surface area contributed by atoms with Crippen LogP contribution >= 0.6 is 23.5 Å². The van der Waals surface area contributed by atoms with Crippen LogP contribution in [0.5, 0.6) is 0 Å². The number of esters is 1. The Morgan fingerprint density at radius 3 is 2.49 bits per heavy atom. The number of carbonyl (C=O) groups is 2. The molecule has 1 atom stereocenters. The zero-order valence-corrected chi connectivity index (χ0v) is 22.0. The average Bonchev–Trinajstić information content (AvgIpc) is 2.87. The maximum atomic E-state index is 13.3.